The van der Waals surface area contributed by atoms with Gasteiger partial charge in [0.15, 0.2) is 4.90 Å². The number of alkyl halides is 3. The fourth-order valence-corrected chi connectivity index (χ4v) is 1.87. The van der Waals surface area contributed by atoms with Crippen LogP contribution in [0.25, 0.3) is 0 Å². The lowest BCUT2D eigenvalue weighted by Gasteiger charge is -2.11. The standard InChI is InChI=1S/C9H7F3O3S/c1-16(15)7-4-5(9(10,11)12)2-3-6(7)8(13)14/h2-4H,1H3,(H,13,14). The van der Waals surface area contributed by atoms with Crippen LogP contribution in [0.4, 0.5) is 13.2 Å². The smallest absolute Gasteiger partial charge is 0.416 e. The Kier molecular flexibility index (Phi) is 3.49. The van der Waals surface area contributed by atoms with Gasteiger partial charge in [-0.25, -0.2) is 4.79 Å². The predicted octanol–water partition coefficient (Wildman–Crippen LogP) is 2.14. The number of halogens is 3. The lowest BCUT2D eigenvalue weighted by Crippen LogP contribution is -2.12. The highest BCUT2D eigenvalue weighted by atomic mass is 32.2. The van der Waals surface area contributed by atoms with E-state index in [4.69, 9.17) is 5.11 Å². The molecule has 0 saturated carbocycles. The summed E-state index contributed by atoms with van der Waals surface area (Å²) in [6, 6.07) is 2.06. The molecule has 0 heterocycles. The molecule has 0 aliphatic rings. The third-order valence-electron chi connectivity index (χ3n) is 1.85. The van der Waals surface area contributed by atoms with E-state index in [1.54, 1.807) is 0 Å². The van der Waals surface area contributed by atoms with Crippen LogP contribution >= 0.6 is 0 Å². The predicted molar refractivity (Wildman–Crippen MR) is 50.7 cm³/mol. The molecule has 1 aromatic rings. The molecule has 0 spiro atoms. The van der Waals surface area contributed by atoms with Gasteiger partial charge in [0.1, 0.15) is 11.8 Å². The molecule has 0 aliphatic carbocycles. The minimum absolute atomic E-state index is 0.331. The van der Waals surface area contributed by atoms with Crippen LogP contribution in [0.3, 0.4) is 0 Å². The zero-order chi connectivity index (χ0) is 12.5. The van der Waals surface area contributed by atoms with Gasteiger partial charge in [0.05, 0.1) is 5.56 Å². The highest BCUT2D eigenvalue weighted by Gasteiger charge is 2.33. The van der Waals surface area contributed by atoms with Crippen molar-refractivity contribution in [2.24, 2.45) is 0 Å². The van der Waals surface area contributed by atoms with E-state index < -0.39 is 28.9 Å². The number of hydrogen-bond donors (Lipinski definition) is 1. The molecule has 0 aliphatic heterocycles. The monoisotopic (exact) mass is 252 g/mol. The van der Waals surface area contributed by atoms with Crippen molar-refractivity contribution in [2.45, 2.75) is 11.1 Å². The Morgan fingerprint density at radius 3 is 2.38 bits per heavy atom. The minimum atomic E-state index is -4.58. The van der Waals surface area contributed by atoms with Crippen molar-refractivity contribution in [1.82, 2.24) is 0 Å². The minimum Gasteiger partial charge on any atom is -0.612 e. The van der Waals surface area contributed by atoms with E-state index in [1.807, 2.05) is 0 Å². The maximum absolute atomic E-state index is 12.3. The average molecular weight is 252 g/mol. The Bertz CT molecular complexity index is 415. The van der Waals surface area contributed by atoms with Gasteiger partial charge in [-0.3, -0.25) is 0 Å². The molecule has 1 unspecified atom stereocenters. The van der Waals surface area contributed by atoms with E-state index in [0.29, 0.717) is 12.1 Å². The van der Waals surface area contributed by atoms with Crippen molar-refractivity contribution in [3.05, 3.63) is 29.3 Å². The second-order valence-electron chi connectivity index (χ2n) is 2.97. The molecule has 1 atom stereocenters. The first kappa shape index (κ1) is 12.9. The quantitative estimate of drug-likeness (QED) is 0.820. The SMILES string of the molecule is C[S+]([O-])c1cc(C(F)(F)F)ccc1C(=O)O. The summed E-state index contributed by atoms with van der Waals surface area (Å²) in [5.74, 6) is -1.40. The molecular formula is C9H7F3O3S. The molecule has 0 radical (unpaired) electrons. The second kappa shape index (κ2) is 4.34. The van der Waals surface area contributed by atoms with Crippen molar-refractivity contribution >= 4 is 17.1 Å². The molecule has 0 aromatic heterocycles. The highest BCUT2D eigenvalue weighted by molar-refractivity contribution is 7.90. The van der Waals surface area contributed by atoms with Crippen LogP contribution in [0, 0.1) is 0 Å². The Morgan fingerprint density at radius 1 is 1.44 bits per heavy atom. The van der Waals surface area contributed by atoms with Gasteiger partial charge in [-0.05, 0) is 23.3 Å². The summed E-state index contributed by atoms with van der Waals surface area (Å²) in [4.78, 5) is 10.3. The molecule has 0 fully saturated rings. The summed E-state index contributed by atoms with van der Waals surface area (Å²) in [7, 11) is 0. The van der Waals surface area contributed by atoms with E-state index in [9.17, 15) is 22.5 Å². The fourth-order valence-electron chi connectivity index (χ4n) is 1.11. The van der Waals surface area contributed by atoms with E-state index in [0.717, 1.165) is 12.3 Å². The Labute approximate surface area is 92.1 Å². The summed E-state index contributed by atoms with van der Waals surface area (Å²) < 4.78 is 48.1. The number of carboxylic acid groups (broad SMARTS) is 1. The van der Waals surface area contributed by atoms with Crippen LogP contribution in [0.15, 0.2) is 23.1 Å². The number of rotatable bonds is 2. The van der Waals surface area contributed by atoms with Crippen molar-refractivity contribution in [2.75, 3.05) is 6.26 Å². The Hall–Kier alpha value is -1.21. The molecule has 0 saturated heterocycles. The van der Waals surface area contributed by atoms with E-state index in [2.05, 4.69) is 0 Å². The summed E-state index contributed by atoms with van der Waals surface area (Å²) >= 11 is -1.79. The van der Waals surface area contributed by atoms with Gasteiger partial charge in [0.25, 0.3) is 0 Å². The van der Waals surface area contributed by atoms with Crippen molar-refractivity contribution < 1.29 is 27.6 Å². The molecule has 1 aromatic carbocycles. The molecule has 3 nitrogen and oxygen atoms in total. The Balaban J connectivity index is 3.34. The normalized spacial score (nSPS) is 13.6. The fraction of sp³-hybridized carbons (Fsp3) is 0.222. The summed E-state index contributed by atoms with van der Waals surface area (Å²) in [6.45, 7) is 0. The van der Waals surface area contributed by atoms with E-state index >= 15 is 0 Å². The third kappa shape index (κ3) is 2.67. The summed E-state index contributed by atoms with van der Waals surface area (Å²) in [5.41, 5.74) is -1.39. The van der Waals surface area contributed by atoms with Crippen LogP contribution in [0.1, 0.15) is 15.9 Å². The van der Waals surface area contributed by atoms with Gasteiger partial charge in [0.2, 0.25) is 0 Å². The van der Waals surface area contributed by atoms with Crippen LogP contribution < -0.4 is 0 Å². The van der Waals surface area contributed by atoms with E-state index in [-0.39, 0.29) is 10.5 Å². The largest absolute Gasteiger partial charge is 0.612 e. The number of benzene rings is 1. The number of carbonyl (C=O) groups is 1. The van der Waals surface area contributed by atoms with Gasteiger partial charge in [-0.15, -0.1) is 0 Å². The molecule has 88 valence electrons. The zero-order valence-corrected chi connectivity index (χ0v) is 8.85. The first-order valence-corrected chi connectivity index (χ1v) is 5.57. The summed E-state index contributed by atoms with van der Waals surface area (Å²) in [5, 5.41) is 8.69. The van der Waals surface area contributed by atoms with Crippen molar-refractivity contribution in [3.8, 4) is 0 Å². The third-order valence-corrected chi connectivity index (χ3v) is 2.81. The summed E-state index contributed by atoms with van der Waals surface area (Å²) in [6.07, 6.45) is -3.45. The maximum Gasteiger partial charge on any atom is 0.416 e. The van der Waals surface area contributed by atoms with E-state index in [1.165, 1.54) is 0 Å². The van der Waals surface area contributed by atoms with Crippen LogP contribution in [0.5, 0.6) is 0 Å². The maximum atomic E-state index is 12.3. The number of aromatic carboxylic acids is 1. The Morgan fingerprint density at radius 2 is 2.00 bits per heavy atom. The van der Waals surface area contributed by atoms with Gasteiger partial charge >= 0.3 is 12.1 Å². The molecule has 16 heavy (non-hydrogen) atoms. The number of hydrogen-bond acceptors (Lipinski definition) is 2. The highest BCUT2D eigenvalue weighted by Crippen LogP contribution is 2.31. The molecule has 0 amide bonds. The zero-order valence-electron chi connectivity index (χ0n) is 8.04. The first-order chi connectivity index (χ1) is 7.23. The molecule has 0 bridgehead atoms. The lowest BCUT2D eigenvalue weighted by atomic mass is 10.1. The van der Waals surface area contributed by atoms with Crippen LogP contribution in [-0.2, 0) is 17.4 Å². The first-order valence-electron chi connectivity index (χ1n) is 4.01. The second-order valence-corrected chi connectivity index (χ2v) is 4.32. The molecule has 7 heteroatoms. The molecular weight excluding hydrogens is 245 g/mol. The van der Waals surface area contributed by atoms with Gasteiger partial charge in [0, 0.05) is 6.07 Å². The number of carboxylic acids is 1. The van der Waals surface area contributed by atoms with Crippen LogP contribution in [0.2, 0.25) is 0 Å². The van der Waals surface area contributed by atoms with Crippen molar-refractivity contribution in [1.29, 1.82) is 0 Å². The van der Waals surface area contributed by atoms with Crippen molar-refractivity contribution in [3.63, 3.8) is 0 Å². The topological polar surface area (TPSA) is 60.4 Å². The van der Waals surface area contributed by atoms with Gasteiger partial charge in [-0.1, -0.05) is 0 Å². The molecule has 1 N–H and O–H groups in total. The van der Waals surface area contributed by atoms with Crippen LogP contribution in [-0.4, -0.2) is 21.9 Å². The average Bonchev–Trinajstić information content (AvgIpc) is 2.15. The molecule has 1 rings (SSSR count). The van der Waals surface area contributed by atoms with Gasteiger partial charge < -0.3 is 9.66 Å². The van der Waals surface area contributed by atoms with Gasteiger partial charge in [-0.2, -0.15) is 13.2 Å². The lowest BCUT2D eigenvalue weighted by molar-refractivity contribution is -0.137.